The summed E-state index contributed by atoms with van der Waals surface area (Å²) in [6.07, 6.45) is 4.61. The Morgan fingerprint density at radius 3 is 2.84 bits per heavy atom. The second-order valence-electron chi connectivity index (χ2n) is 5.03. The summed E-state index contributed by atoms with van der Waals surface area (Å²) in [4.78, 5) is 1.26. The Hall–Kier alpha value is -1.42. The molecule has 0 bridgehead atoms. The molecule has 19 heavy (non-hydrogen) atoms. The van der Waals surface area contributed by atoms with Crippen molar-refractivity contribution in [2.75, 3.05) is 5.73 Å². The normalized spacial score (nSPS) is 13.8. The van der Waals surface area contributed by atoms with Gasteiger partial charge in [0.05, 0.1) is 11.4 Å². The molecule has 0 atom stereocenters. The van der Waals surface area contributed by atoms with E-state index in [4.69, 9.17) is 5.73 Å². The molecule has 3 nitrogen and oxygen atoms in total. The van der Waals surface area contributed by atoms with E-state index in [0.29, 0.717) is 0 Å². The van der Waals surface area contributed by atoms with Crippen LogP contribution in [0.15, 0.2) is 28.1 Å². The zero-order valence-corrected chi connectivity index (χ0v) is 12.3. The van der Waals surface area contributed by atoms with Crippen LogP contribution in [0.4, 0.5) is 5.69 Å². The molecule has 0 aliphatic heterocycles. The highest BCUT2D eigenvalue weighted by atomic mass is 32.2. The Kier molecular flexibility index (Phi) is 3.27. The lowest BCUT2D eigenvalue weighted by Crippen LogP contribution is -1.94. The van der Waals surface area contributed by atoms with Gasteiger partial charge in [-0.3, -0.25) is 4.68 Å². The molecule has 0 saturated carbocycles. The molecule has 1 heterocycles. The van der Waals surface area contributed by atoms with Crippen molar-refractivity contribution >= 4 is 17.4 Å². The standard InChI is InChI=1S/C15H19N3S/c1-3-13-14(16)15(18(2)17-13)19-12-8-7-10-5-4-6-11(10)9-12/h7-9H,3-6,16H2,1-2H3. The summed E-state index contributed by atoms with van der Waals surface area (Å²) in [7, 11) is 1.96. The van der Waals surface area contributed by atoms with Crippen LogP contribution in [-0.4, -0.2) is 9.78 Å². The highest BCUT2D eigenvalue weighted by Crippen LogP contribution is 2.35. The molecule has 2 aromatic rings. The monoisotopic (exact) mass is 273 g/mol. The highest BCUT2D eigenvalue weighted by molar-refractivity contribution is 7.99. The lowest BCUT2D eigenvalue weighted by molar-refractivity contribution is 0.687. The number of rotatable bonds is 3. The summed E-state index contributed by atoms with van der Waals surface area (Å²) in [6.45, 7) is 2.09. The van der Waals surface area contributed by atoms with Crippen LogP contribution < -0.4 is 5.73 Å². The van der Waals surface area contributed by atoms with Crippen LogP contribution >= 0.6 is 11.8 Å². The predicted molar refractivity (Wildman–Crippen MR) is 79.6 cm³/mol. The molecule has 4 heteroatoms. The minimum Gasteiger partial charge on any atom is -0.395 e. The number of hydrogen-bond acceptors (Lipinski definition) is 3. The van der Waals surface area contributed by atoms with E-state index in [9.17, 15) is 0 Å². The van der Waals surface area contributed by atoms with Gasteiger partial charge >= 0.3 is 0 Å². The van der Waals surface area contributed by atoms with Crippen molar-refractivity contribution in [3.63, 3.8) is 0 Å². The largest absolute Gasteiger partial charge is 0.395 e. The number of fused-ring (bicyclic) bond motifs is 1. The van der Waals surface area contributed by atoms with Crippen LogP contribution in [-0.2, 0) is 26.3 Å². The fourth-order valence-corrected chi connectivity index (χ4v) is 3.64. The molecular weight excluding hydrogens is 254 g/mol. The van der Waals surface area contributed by atoms with E-state index in [1.165, 1.54) is 35.3 Å². The maximum atomic E-state index is 6.17. The molecule has 1 aromatic heterocycles. The topological polar surface area (TPSA) is 43.8 Å². The molecule has 1 aliphatic rings. The van der Waals surface area contributed by atoms with Gasteiger partial charge < -0.3 is 5.73 Å². The molecule has 0 radical (unpaired) electrons. The Morgan fingerprint density at radius 1 is 1.32 bits per heavy atom. The first-order chi connectivity index (χ1) is 9.19. The van der Waals surface area contributed by atoms with Gasteiger partial charge in [-0.05, 0) is 48.9 Å². The molecule has 0 fully saturated rings. The van der Waals surface area contributed by atoms with Crippen LogP contribution in [0, 0.1) is 0 Å². The number of nitrogen functional groups attached to an aromatic ring is 1. The number of nitrogens with two attached hydrogens (primary N) is 1. The van der Waals surface area contributed by atoms with Gasteiger partial charge in [0.15, 0.2) is 0 Å². The van der Waals surface area contributed by atoms with Crippen molar-refractivity contribution in [1.82, 2.24) is 9.78 Å². The van der Waals surface area contributed by atoms with Crippen molar-refractivity contribution in [2.45, 2.75) is 42.5 Å². The zero-order valence-electron chi connectivity index (χ0n) is 11.4. The molecule has 1 aromatic carbocycles. The quantitative estimate of drug-likeness (QED) is 0.934. The second-order valence-corrected chi connectivity index (χ2v) is 6.09. The van der Waals surface area contributed by atoms with Gasteiger partial charge in [-0.2, -0.15) is 5.10 Å². The third-order valence-electron chi connectivity index (χ3n) is 3.73. The zero-order chi connectivity index (χ0) is 13.4. The van der Waals surface area contributed by atoms with E-state index in [1.54, 1.807) is 11.8 Å². The number of hydrogen-bond donors (Lipinski definition) is 1. The Labute approximate surface area is 118 Å². The van der Waals surface area contributed by atoms with Crippen molar-refractivity contribution in [2.24, 2.45) is 7.05 Å². The first-order valence-electron chi connectivity index (χ1n) is 6.80. The third-order valence-corrected chi connectivity index (χ3v) is 4.89. The van der Waals surface area contributed by atoms with E-state index < -0.39 is 0 Å². The van der Waals surface area contributed by atoms with Crippen LogP contribution in [0.25, 0.3) is 0 Å². The molecule has 0 amide bonds. The number of aryl methyl sites for hydroxylation is 4. The van der Waals surface area contributed by atoms with E-state index in [1.807, 2.05) is 11.7 Å². The van der Waals surface area contributed by atoms with Crippen LogP contribution in [0.2, 0.25) is 0 Å². The smallest absolute Gasteiger partial charge is 0.122 e. The molecule has 100 valence electrons. The maximum Gasteiger partial charge on any atom is 0.122 e. The Morgan fingerprint density at radius 2 is 2.11 bits per heavy atom. The van der Waals surface area contributed by atoms with Crippen LogP contribution in [0.3, 0.4) is 0 Å². The van der Waals surface area contributed by atoms with E-state index in [2.05, 4.69) is 30.2 Å². The minimum absolute atomic E-state index is 0.829. The van der Waals surface area contributed by atoms with Gasteiger partial charge in [-0.1, -0.05) is 24.8 Å². The molecule has 0 saturated heterocycles. The minimum atomic E-state index is 0.829. The van der Waals surface area contributed by atoms with E-state index in [-0.39, 0.29) is 0 Å². The fraction of sp³-hybridized carbons (Fsp3) is 0.400. The van der Waals surface area contributed by atoms with Gasteiger partial charge in [-0.25, -0.2) is 0 Å². The van der Waals surface area contributed by atoms with E-state index in [0.717, 1.165) is 22.8 Å². The highest BCUT2D eigenvalue weighted by Gasteiger charge is 2.15. The first kappa shape index (κ1) is 12.6. The summed E-state index contributed by atoms with van der Waals surface area (Å²) in [5, 5.41) is 5.52. The van der Waals surface area contributed by atoms with Crippen molar-refractivity contribution < 1.29 is 0 Å². The number of anilines is 1. The average Bonchev–Trinajstić information content (AvgIpc) is 2.97. The van der Waals surface area contributed by atoms with Crippen LogP contribution in [0.1, 0.15) is 30.2 Å². The van der Waals surface area contributed by atoms with Gasteiger partial charge in [0.25, 0.3) is 0 Å². The van der Waals surface area contributed by atoms with Gasteiger partial charge in [0.2, 0.25) is 0 Å². The Balaban J connectivity index is 1.91. The van der Waals surface area contributed by atoms with E-state index >= 15 is 0 Å². The summed E-state index contributed by atoms with van der Waals surface area (Å²) in [5.74, 6) is 0. The maximum absolute atomic E-state index is 6.17. The summed E-state index contributed by atoms with van der Waals surface area (Å²) >= 11 is 1.72. The first-order valence-corrected chi connectivity index (χ1v) is 7.61. The van der Waals surface area contributed by atoms with Gasteiger partial charge in [0.1, 0.15) is 5.03 Å². The number of nitrogens with zero attached hydrogens (tertiary/aromatic N) is 2. The molecular formula is C15H19N3S. The lowest BCUT2D eigenvalue weighted by atomic mass is 10.1. The lowest BCUT2D eigenvalue weighted by Gasteiger charge is -2.06. The third kappa shape index (κ3) is 2.25. The number of benzene rings is 1. The molecule has 0 unspecified atom stereocenters. The van der Waals surface area contributed by atoms with Crippen molar-refractivity contribution in [3.05, 3.63) is 35.0 Å². The Bertz CT molecular complexity index is 616. The average molecular weight is 273 g/mol. The summed E-state index contributed by atoms with van der Waals surface area (Å²) in [5.41, 5.74) is 11.0. The molecule has 1 aliphatic carbocycles. The van der Waals surface area contributed by atoms with Crippen LogP contribution in [0.5, 0.6) is 0 Å². The SMILES string of the molecule is CCc1nn(C)c(Sc2ccc3c(c2)CCC3)c1N. The molecule has 2 N–H and O–H groups in total. The second kappa shape index (κ2) is 4.93. The summed E-state index contributed by atoms with van der Waals surface area (Å²) < 4.78 is 1.89. The van der Waals surface area contributed by atoms with Gasteiger partial charge in [0, 0.05) is 11.9 Å². The molecule has 0 spiro atoms. The van der Waals surface area contributed by atoms with Crippen molar-refractivity contribution in [3.8, 4) is 0 Å². The summed E-state index contributed by atoms with van der Waals surface area (Å²) in [6, 6.07) is 6.77. The predicted octanol–water partition coefficient (Wildman–Crippen LogP) is 3.20. The molecule has 3 rings (SSSR count). The number of aromatic nitrogens is 2. The van der Waals surface area contributed by atoms with Crippen molar-refractivity contribution in [1.29, 1.82) is 0 Å². The van der Waals surface area contributed by atoms with Gasteiger partial charge in [-0.15, -0.1) is 0 Å². The fourth-order valence-electron chi connectivity index (χ4n) is 2.68.